The van der Waals surface area contributed by atoms with E-state index in [9.17, 15) is 24.3 Å². The highest BCUT2D eigenvalue weighted by Gasteiger charge is 2.19. The van der Waals surface area contributed by atoms with Gasteiger partial charge in [-0.15, -0.1) is 0 Å². The van der Waals surface area contributed by atoms with E-state index in [0.717, 1.165) is 27.5 Å². The number of fused-ring (bicyclic) bond motifs is 1. The van der Waals surface area contributed by atoms with Crippen molar-refractivity contribution in [1.29, 1.82) is 0 Å². The Morgan fingerprint density at radius 3 is 1.77 bits per heavy atom. The van der Waals surface area contributed by atoms with Gasteiger partial charge in [0.15, 0.2) is 0 Å². The van der Waals surface area contributed by atoms with Gasteiger partial charge in [0.2, 0.25) is 5.91 Å². The third kappa shape index (κ3) is 11.6. The van der Waals surface area contributed by atoms with E-state index in [-0.39, 0.29) is 66.4 Å². The number of carbonyl (C=O) groups is 4. The van der Waals surface area contributed by atoms with Crippen molar-refractivity contribution >= 4 is 51.5 Å². The predicted octanol–water partition coefficient (Wildman–Crippen LogP) is 8.48. The van der Waals surface area contributed by atoms with Crippen molar-refractivity contribution in [3.8, 4) is 23.0 Å². The van der Waals surface area contributed by atoms with Crippen molar-refractivity contribution in [3.05, 3.63) is 185 Å². The molecule has 64 heavy (non-hydrogen) atoms. The van der Waals surface area contributed by atoms with Crippen LogP contribution in [0.2, 0.25) is 0 Å². The van der Waals surface area contributed by atoms with Crippen molar-refractivity contribution in [1.82, 2.24) is 5.32 Å². The first-order valence-corrected chi connectivity index (χ1v) is 20.6. The van der Waals surface area contributed by atoms with E-state index in [1.54, 1.807) is 66.7 Å². The van der Waals surface area contributed by atoms with Crippen molar-refractivity contribution < 1.29 is 38.5 Å². The molecule has 0 radical (unpaired) electrons. The molecular formula is C51H47N5O8. The second kappa shape index (κ2) is 21.1. The number of nitrogens with two attached hydrogens (primary N) is 1. The lowest BCUT2D eigenvalue weighted by Crippen LogP contribution is -2.23. The molecule has 0 aliphatic rings. The van der Waals surface area contributed by atoms with Crippen LogP contribution in [0.1, 0.15) is 54.2 Å². The minimum atomic E-state index is -0.500. The van der Waals surface area contributed by atoms with Gasteiger partial charge in [-0.3, -0.25) is 19.2 Å². The number of phenols is 1. The monoisotopic (exact) mass is 857 g/mol. The summed E-state index contributed by atoms with van der Waals surface area (Å²) in [6.07, 6.45) is 0.604. The summed E-state index contributed by atoms with van der Waals surface area (Å²) in [5, 5.41) is 23.3. The Hall–Kier alpha value is -8.16. The molecule has 0 saturated heterocycles. The van der Waals surface area contributed by atoms with Gasteiger partial charge in [-0.1, -0.05) is 78.9 Å². The lowest BCUT2D eigenvalue weighted by Gasteiger charge is -2.16. The van der Waals surface area contributed by atoms with Crippen LogP contribution in [0.25, 0.3) is 10.8 Å². The molecule has 0 saturated carbocycles. The molecule has 0 spiro atoms. The summed E-state index contributed by atoms with van der Waals surface area (Å²) in [5.41, 5.74) is 10.2. The molecule has 0 aliphatic heterocycles. The molecule has 0 unspecified atom stereocenters. The average Bonchev–Trinajstić information content (AvgIpc) is 3.31. The fraction of sp³-hybridized carbons (Fsp3) is 0.137. The summed E-state index contributed by atoms with van der Waals surface area (Å²) in [6.45, 7) is 0.894. The number of amides is 4. The molecule has 0 fully saturated rings. The maximum Gasteiger partial charge on any atom is 0.255 e. The predicted molar refractivity (Wildman–Crippen MR) is 247 cm³/mol. The number of benzene rings is 7. The number of hydrogen-bond acceptors (Lipinski definition) is 9. The zero-order valence-electron chi connectivity index (χ0n) is 35.1. The maximum absolute atomic E-state index is 13.8. The first kappa shape index (κ1) is 43.9. The molecule has 0 atom stereocenters. The van der Waals surface area contributed by atoms with E-state index in [0.29, 0.717) is 41.3 Å². The van der Waals surface area contributed by atoms with Crippen LogP contribution in [0.3, 0.4) is 0 Å². The molecule has 7 N–H and O–H groups in total. The Labute approximate surface area is 370 Å². The van der Waals surface area contributed by atoms with Crippen LogP contribution < -0.4 is 41.2 Å². The summed E-state index contributed by atoms with van der Waals surface area (Å²) < 4.78 is 17.8. The van der Waals surface area contributed by atoms with Gasteiger partial charge in [0.1, 0.15) is 29.6 Å². The van der Waals surface area contributed by atoms with Crippen LogP contribution in [-0.2, 0) is 24.4 Å². The lowest BCUT2D eigenvalue weighted by atomic mass is 10.1. The van der Waals surface area contributed by atoms with Crippen LogP contribution in [-0.4, -0.2) is 49.0 Å². The average molecular weight is 858 g/mol. The number of ether oxygens (including phenoxy) is 3. The summed E-state index contributed by atoms with van der Waals surface area (Å²) >= 11 is 0. The summed E-state index contributed by atoms with van der Waals surface area (Å²) in [5.74, 6) is -0.664. The second-order valence-corrected chi connectivity index (χ2v) is 14.7. The Kier molecular flexibility index (Phi) is 14.5. The number of phenolic OH excluding ortho intramolecular Hbond substituents is 1. The van der Waals surface area contributed by atoms with E-state index < -0.39 is 11.8 Å². The number of rotatable bonds is 18. The van der Waals surface area contributed by atoms with Gasteiger partial charge in [0, 0.05) is 42.6 Å². The minimum Gasteiger partial charge on any atom is -0.508 e. The van der Waals surface area contributed by atoms with Crippen LogP contribution in [0, 0.1) is 0 Å². The third-order valence-corrected chi connectivity index (χ3v) is 10.2. The Morgan fingerprint density at radius 1 is 0.547 bits per heavy atom. The highest BCUT2D eigenvalue weighted by molar-refractivity contribution is 6.08. The lowest BCUT2D eigenvalue weighted by molar-refractivity contribution is -0.116. The molecule has 0 bridgehead atoms. The van der Waals surface area contributed by atoms with Crippen LogP contribution in [0.5, 0.6) is 23.0 Å². The quantitative estimate of drug-likeness (QED) is 0.0492. The fourth-order valence-corrected chi connectivity index (χ4v) is 6.75. The second-order valence-electron chi connectivity index (χ2n) is 14.7. The molecule has 7 aromatic carbocycles. The van der Waals surface area contributed by atoms with Crippen molar-refractivity contribution in [2.45, 2.75) is 26.0 Å². The molecule has 7 aromatic rings. The van der Waals surface area contributed by atoms with E-state index in [2.05, 4.69) is 21.3 Å². The molecule has 13 heteroatoms. The number of aromatic hydroxyl groups is 1. The maximum atomic E-state index is 13.8. The van der Waals surface area contributed by atoms with Crippen LogP contribution in [0.15, 0.2) is 152 Å². The first-order valence-electron chi connectivity index (χ1n) is 20.6. The van der Waals surface area contributed by atoms with Gasteiger partial charge in [0.05, 0.1) is 30.8 Å². The van der Waals surface area contributed by atoms with Gasteiger partial charge in [-0.25, -0.2) is 0 Å². The summed E-state index contributed by atoms with van der Waals surface area (Å²) in [7, 11) is 1.42. The van der Waals surface area contributed by atoms with E-state index in [1.807, 2.05) is 72.8 Å². The van der Waals surface area contributed by atoms with Crippen molar-refractivity contribution in [2.75, 3.05) is 36.2 Å². The normalized spacial score (nSPS) is 10.7. The largest absolute Gasteiger partial charge is 0.508 e. The Balaban J connectivity index is 1.05. The Morgan fingerprint density at radius 2 is 1.11 bits per heavy atom. The number of hydrogen-bond donors (Lipinski definition) is 6. The molecule has 0 aromatic heterocycles. The van der Waals surface area contributed by atoms with Gasteiger partial charge < -0.3 is 46.3 Å². The number of anilines is 3. The van der Waals surface area contributed by atoms with E-state index >= 15 is 0 Å². The molecule has 0 aliphatic carbocycles. The van der Waals surface area contributed by atoms with Gasteiger partial charge in [0.25, 0.3) is 17.7 Å². The number of nitrogens with one attached hydrogen (secondary N) is 4. The van der Waals surface area contributed by atoms with Crippen LogP contribution >= 0.6 is 0 Å². The van der Waals surface area contributed by atoms with Crippen molar-refractivity contribution in [3.63, 3.8) is 0 Å². The minimum absolute atomic E-state index is 0.102. The first-order chi connectivity index (χ1) is 31.1. The highest BCUT2D eigenvalue weighted by Crippen LogP contribution is 2.32. The molecule has 13 nitrogen and oxygen atoms in total. The van der Waals surface area contributed by atoms with E-state index in [1.165, 1.54) is 19.2 Å². The van der Waals surface area contributed by atoms with E-state index in [4.69, 9.17) is 19.9 Å². The highest BCUT2D eigenvalue weighted by atomic mass is 16.5. The summed E-state index contributed by atoms with van der Waals surface area (Å²) in [6, 6.07) is 44.4. The third-order valence-electron chi connectivity index (χ3n) is 10.2. The molecular weight excluding hydrogens is 811 g/mol. The SMILES string of the molecule is COc1cc(C(=O)Nc2ccc(C(=O)NCc3ccc4ccccc4c3)cc2OCc2ccccc2)ccc1NC(=O)c1ccc(NC(=O)CCN)c(OCCc2ccc(O)cc2)c1. The van der Waals surface area contributed by atoms with Crippen molar-refractivity contribution in [2.24, 2.45) is 5.73 Å². The van der Waals surface area contributed by atoms with Gasteiger partial charge in [-0.2, -0.15) is 0 Å². The molecule has 4 amide bonds. The zero-order chi connectivity index (χ0) is 44.8. The zero-order valence-corrected chi connectivity index (χ0v) is 35.1. The summed E-state index contributed by atoms with van der Waals surface area (Å²) in [4.78, 5) is 53.2. The topological polar surface area (TPSA) is 190 Å². The van der Waals surface area contributed by atoms with Crippen LogP contribution in [0.4, 0.5) is 17.1 Å². The fourth-order valence-electron chi connectivity index (χ4n) is 6.75. The van der Waals surface area contributed by atoms with Gasteiger partial charge in [-0.05, 0) is 100 Å². The standard InChI is InChI=1S/C51H47N5O8/c1-62-45-28-39(16-20-42(45)55-51(61)40-17-21-43(54-48(58)23-25-52)46(30-40)63-26-24-33-12-18-41(57)19-13-33)50(60)56-44-22-15-38(29-47(44)64-32-34-7-3-2-4-8-34)49(59)53-31-35-11-14-36-9-5-6-10-37(36)27-35/h2-22,27-30,57H,23-26,31-32,52H2,1H3,(H,53,59)(H,54,58)(H,55,61)(H,56,60). The number of methoxy groups -OCH3 is 1. The molecule has 0 heterocycles. The number of carbonyl (C=O) groups excluding carboxylic acids is 4. The smallest absolute Gasteiger partial charge is 0.255 e. The molecule has 324 valence electrons. The van der Waals surface area contributed by atoms with Gasteiger partial charge >= 0.3 is 0 Å². The molecule has 7 rings (SSSR count). The Bertz CT molecular complexity index is 2780.